The van der Waals surface area contributed by atoms with Crippen molar-refractivity contribution < 1.29 is 12.8 Å². The van der Waals surface area contributed by atoms with E-state index in [4.69, 9.17) is 0 Å². The standard InChI is InChI=1S/C20H16FN7O2S/c1-31(29,30)28-9-7-12-2-4-14(11-17(12)28)23-20-22-8-6-18(25-20)24-19-15-10-13(21)3-5-16(15)26-27-19/h2-11H,1H3,(H3,22,23,24,25,26,27). The zero-order chi connectivity index (χ0) is 21.6. The number of H-pyrrole nitrogens is 1. The Kier molecular flexibility index (Phi) is 4.33. The van der Waals surface area contributed by atoms with Crippen LogP contribution in [0, 0.1) is 5.82 Å². The van der Waals surface area contributed by atoms with Gasteiger partial charge in [0.05, 0.1) is 17.3 Å². The first-order valence-corrected chi connectivity index (χ1v) is 11.0. The zero-order valence-electron chi connectivity index (χ0n) is 16.2. The smallest absolute Gasteiger partial charge is 0.236 e. The van der Waals surface area contributed by atoms with Gasteiger partial charge in [0.25, 0.3) is 0 Å². The lowest BCUT2D eigenvalue weighted by Crippen LogP contribution is -2.08. The molecule has 3 N–H and O–H groups in total. The van der Waals surface area contributed by atoms with Gasteiger partial charge in [-0.15, -0.1) is 0 Å². The maximum Gasteiger partial charge on any atom is 0.236 e. The van der Waals surface area contributed by atoms with E-state index in [9.17, 15) is 12.8 Å². The minimum absolute atomic E-state index is 0.299. The van der Waals surface area contributed by atoms with E-state index in [0.717, 1.165) is 11.6 Å². The molecule has 0 fully saturated rings. The van der Waals surface area contributed by atoms with E-state index < -0.39 is 10.0 Å². The van der Waals surface area contributed by atoms with Crippen LogP contribution in [0.25, 0.3) is 21.8 Å². The van der Waals surface area contributed by atoms with Crippen LogP contribution in [0.2, 0.25) is 0 Å². The number of rotatable bonds is 5. The Bertz CT molecular complexity index is 1540. The van der Waals surface area contributed by atoms with Crippen LogP contribution >= 0.6 is 0 Å². The Morgan fingerprint density at radius 3 is 2.77 bits per heavy atom. The molecule has 0 amide bonds. The van der Waals surface area contributed by atoms with Crippen LogP contribution in [-0.2, 0) is 10.0 Å². The van der Waals surface area contributed by atoms with Crippen molar-refractivity contribution in [1.29, 1.82) is 0 Å². The SMILES string of the molecule is CS(=O)(=O)n1ccc2ccc(Nc3nccc(Nc4n[nH]c5ccc(F)cc45)n3)cc21. The normalized spacial score (nSPS) is 11.8. The molecule has 31 heavy (non-hydrogen) atoms. The molecular weight excluding hydrogens is 421 g/mol. The molecule has 0 bridgehead atoms. The minimum Gasteiger partial charge on any atom is -0.324 e. The van der Waals surface area contributed by atoms with Crippen LogP contribution in [0.5, 0.6) is 0 Å². The fourth-order valence-electron chi connectivity index (χ4n) is 3.29. The van der Waals surface area contributed by atoms with Gasteiger partial charge in [-0.2, -0.15) is 10.1 Å². The van der Waals surface area contributed by atoms with Gasteiger partial charge in [-0.3, -0.25) is 5.10 Å². The van der Waals surface area contributed by atoms with Crippen LogP contribution < -0.4 is 10.6 Å². The number of fused-ring (bicyclic) bond motifs is 2. The summed E-state index contributed by atoms with van der Waals surface area (Å²) in [6.07, 6.45) is 4.22. The van der Waals surface area contributed by atoms with E-state index in [2.05, 4.69) is 30.8 Å². The van der Waals surface area contributed by atoms with Crippen LogP contribution in [0.15, 0.2) is 60.9 Å². The molecule has 0 saturated heterocycles. The molecule has 0 aliphatic heterocycles. The highest BCUT2D eigenvalue weighted by molar-refractivity contribution is 7.89. The lowest BCUT2D eigenvalue weighted by Gasteiger charge is -2.08. The van der Waals surface area contributed by atoms with Crippen molar-refractivity contribution in [2.24, 2.45) is 0 Å². The number of nitrogens with zero attached hydrogens (tertiary/aromatic N) is 4. The third-order valence-corrected chi connectivity index (χ3v) is 5.73. The van der Waals surface area contributed by atoms with Crippen molar-refractivity contribution >= 4 is 55.1 Å². The third kappa shape index (κ3) is 3.66. The molecular formula is C20H16FN7O2S. The van der Waals surface area contributed by atoms with Gasteiger partial charge in [-0.05, 0) is 42.5 Å². The molecule has 0 radical (unpaired) electrons. The van der Waals surface area contributed by atoms with Crippen molar-refractivity contribution in [3.05, 3.63) is 66.7 Å². The highest BCUT2D eigenvalue weighted by Gasteiger charge is 2.11. The van der Waals surface area contributed by atoms with E-state index in [0.29, 0.717) is 39.7 Å². The molecule has 0 atom stereocenters. The van der Waals surface area contributed by atoms with Gasteiger partial charge in [0, 0.05) is 28.9 Å². The number of anilines is 4. The monoisotopic (exact) mass is 437 g/mol. The highest BCUT2D eigenvalue weighted by Crippen LogP contribution is 2.26. The number of hydrogen-bond donors (Lipinski definition) is 3. The summed E-state index contributed by atoms with van der Waals surface area (Å²) in [6, 6.07) is 13.1. The first-order valence-electron chi connectivity index (χ1n) is 9.19. The van der Waals surface area contributed by atoms with Crippen molar-refractivity contribution in [3.63, 3.8) is 0 Å². The molecule has 156 valence electrons. The number of halogens is 1. The average Bonchev–Trinajstić information content (AvgIpc) is 3.32. The fraction of sp³-hybridized carbons (Fsp3) is 0.0500. The molecule has 11 heteroatoms. The van der Waals surface area contributed by atoms with Gasteiger partial charge < -0.3 is 10.6 Å². The summed E-state index contributed by atoms with van der Waals surface area (Å²) < 4.78 is 38.7. The Morgan fingerprint density at radius 1 is 1.06 bits per heavy atom. The molecule has 0 spiro atoms. The van der Waals surface area contributed by atoms with Crippen LogP contribution in [0.3, 0.4) is 0 Å². The van der Waals surface area contributed by atoms with Gasteiger partial charge in [0.2, 0.25) is 16.0 Å². The summed E-state index contributed by atoms with van der Waals surface area (Å²) in [5.41, 5.74) is 1.87. The van der Waals surface area contributed by atoms with Crippen molar-refractivity contribution in [2.45, 2.75) is 0 Å². The van der Waals surface area contributed by atoms with Crippen molar-refractivity contribution in [2.75, 3.05) is 16.9 Å². The predicted molar refractivity (Wildman–Crippen MR) is 117 cm³/mol. The Labute approximate surface area is 176 Å². The Balaban J connectivity index is 1.43. The molecule has 5 aromatic rings. The largest absolute Gasteiger partial charge is 0.324 e. The topological polar surface area (TPSA) is 118 Å². The second-order valence-corrected chi connectivity index (χ2v) is 8.79. The molecule has 3 heterocycles. The van der Waals surface area contributed by atoms with Gasteiger partial charge in [-0.25, -0.2) is 21.8 Å². The van der Waals surface area contributed by atoms with Gasteiger partial charge in [0.15, 0.2) is 5.82 Å². The van der Waals surface area contributed by atoms with E-state index in [1.165, 1.54) is 22.3 Å². The summed E-state index contributed by atoms with van der Waals surface area (Å²) in [7, 11) is -3.42. The maximum atomic E-state index is 13.6. The highest BCUT2D eigenvalue weighted by atomic mass is 32.2. The second-order valence-electron chi connectivity index (χ2n) is 6.93. The Morgan fingerprint density at radius 2 is 1.94 bits per heavy atom. The molecule has 3 aromatic heterocycles. The lowest BCUT2D eigenvalue weighted by atomic mass is 10.2. The number of aromatic amines is 1. The maximum absolute atomic E-state index is 13.6. The molecule has 0 aliphatic carbocycles. The van der Waals surface area contributed by atoms with E-state index in [1.54, 1.807) is 30.5 Å². The summed E-state index contributed by atoms with van der Waals surface area (Å²) in [4.78, 5) is 8.61. The quantitative estimate of drug-likeness (QED) is 0.383. The van der Waals surface area contributed by atoms with Crippen LogP contribution in [-0.4, -0.2) is 38.8 Å². The molecule has 0 unspecified atom stereocenters. The van der Waals surface area contributed by atoms with Crippen molar-refractivity contribution in [3.8, 4) is 0 Å². The average molecular weight is 437 g/mol. The molecule has 2 aromatic carbocycles. The molecule has 0 saturated carbocycles. The second kappa shape index (κ2) is 7.06. The van der Waals surface area contributed by atoms with E-state index in [-0.39, 0.29) is 5.82 Å². The summed E-state index contributed by atoms with van der Waals surface area (Å²) in [5.74, 6) is 0.825. The van der Waals surface area contributed by atoms with Gasteiger partial charge in [-0.1, -0.05) is 6.07 Å². The van der Waals surface area contributed by atoms with E-state index >= 15 is 0 Å². The fourth-order valence-corrected chi connectivity index (χ4v) is 4.09. The minimum atomic E-state index is -3.42. The van der Waals surface area contributed by atoms with Crippen LogP contribution in [0.1, 0.15) is 0 Å². The lowest BCUT2D eigenvalue weighted by molar-refractivity contribution is 0.595. The Hall–Kier alpha value is -3.99. The first kappa shape index (κ1) is 19.0. The predicted octanol–water partition coefficient (Wildman–Crippen LogP) is 3.74. The molecule has 9 nitrogen and oxygen atoms in total. The molecule has 5 rings (SSSR count). The van der Waals surface area contributed by atoms with Crippen LogP contribution in [0.4, 0.5) is 27.7 Å². The number of aromatic nitrogens is 5. The summed E-state index contributed by atoms with van der Waals surface area (Å²) >= 11 is 0. The summed E-state index contributed by atoms with van der Waals surface area (Å²) in [6.45, 7) is 0. The van der Waals surface area contributed by atoms with Crippen molar-refractivity contribution in [1.82, 2.24) is 24.1 Å². The van der Waals surface area contributed by atoms with Gasteiger partial charge in [0.1, 0.15) is 11.6 Å². The molecule has 0 aliphatic rings. The number of benzene rings is 2. The third-order valence-electron chi connectivity index (χ3n) is 4.70. The summed E-state index contributed by atoms with van der Waals surface area (Å²) in [5, 5.41) is 14.5. The van der Waals surface area contributed by atoms with Gasteiger partial charge >= 0.3 is 0 Å². The first-order chi connectivity index (χ1) is 14.9. The number of nitrogens with one attached hydrogen (secondary N) is 3. The number of hydrogen-bond acceptors (Lipinski definition) is 7. The zero-order valence-corrected chi connectivity index (χ0v) is 17.0. The van der Waals surface area contributed by atoms with E-state index in [1.807, 2.05) is 12.1 Å².